The molecule has 0 saturated carbocycles. The molecule has 2 rings (SSSR count). The van der Waals surface area contributed by atoms with Crippen molar-refractivity contribution < 1.29 is 4.39 Å². The average Bonchev–Trinajstić information content (AvgIpc) is 2.45. The molecule has 0 aromatic heterocycles. The minimum atomic E-state index is -0.352. The van der Waals surface area contributed by atoms with E-state index in [2.05, 4.69) is 12.1 Å². The van der Waals surface area contributed by atoms with E-state index in [1.54, 1.807) is 12.1 Å². The first-order valence-electron chi connectivity index (χ1n) is 6.15. The van der Waals surface area contributed by atoms with Gasteiger partial charge in [0.05, 0.1) is 17.3 Å². The maximum atomic E-state index is 13.8. The van der Waals surface area contributed by atoms with Crippen LogP contribution in [-0.4, -0.2) is 13.6 Å². The standard InChI is InChI=1S/C16H15FN2/c1-19(10-9-13-5-3-2-4-6-13)16-8-7-14(12-18)11-15(16)17/h2-8,11H,9-10H2,1H3. The highest BCUT2D eigenvalue weighted by molar-refractivity contribution is 5.50. The third kappa shape index (κ3) is 3.32. The monoisotopic (exact) mass is 254 g/mol. The highest BCUT2D eigenvalue weighted by atomic mass is 19.1. The zero-order chi connectivity index (χ0) is 13.7. The van der Waals surface area contributed by atoms with E-state index < -0.39 is 0 Å². The van der Waals surface area contributed by atoms with Gasteiger partial charge in [0, 0.05) is 13.6 Å². The van der Waals surface area contributed by atoms with E-state index in [0.717, 1.165) is 13.0 Å². The summed E-state index contributed by atoms with van der Waals surface area (Å²) in [6.07, 6.45) is 0.858. The number of anilines is 1. The molecule has 0 unspecified atom stereocenters. The molecule has 19 heavy (non-hydrogen) atoms. The van der Waals surface area contributed by atoms with Crippen LogP contribution in [0.4, 0.5) is 10.1 Å². The first kappa shape index (κ1) is 13.1. The predicted octanol–water partition coefficient (Wildman–Crippen LogP) is 3.38. The molecule has 2 aromatic carbocycles. The van der Waals surface area contributed by atoms with Crippen LogP contribution in [0.5, 0.6) is 0 Å². The summed E-state index contributed by atoms with van der Waals surface area (Å²) in [5.41, 5.74) is 2.09. The molecule has 3 heteroatoms. The van der Waals surface area contributed by atoms with Crippen LogP contribution >= 0.6 is 0 Å². The Morgan fingerprint density at radius 2 is 1.89 bits per heavy atom. The molecule has 0 aliphatic carbocycles. The zero-order valence-electron chi connectivity index (χ0n) is 10.8. The van der Waals surface area contributed by atoms with E-state index in [-0.39, 0.29) is 5.82 Å². The molecule has 0 saturated heterocycles. The van der Waals surface area contributed by atoms with Crippen LogP contribution in [0.1, 0.15) is 11.1 Å². The van der Waals surface area contributed by atoms with Gasteiger partial charge in [0.25, 0.3) is 0 Å². The maximum Gasteiger partial charge on any atom is 0.147 e. The Morgan fingerprint density at radius 1 is 1.16 bits per heavy atom. The van der Waals surface area contributed by atoms with Gasteiger partial charge in [0.15, 0.2) is 0 Å². The quantitative estimate of drug-likeness (QED) is 0.836. The van der Waals surface area contributed by atoms with Crippen LogP contribution in [0.15, 0.2) is 48.5 Å². The van der Waals surface area contributed by atoms with Gasteiger partial charge < -0.3 is 4.90 Å². The molecular weight excluding hydrogens is 239 g/mol. The molecule has 0 bridgehead atoms. The number of benzene rings is 2. The van der Waals surface area contributed by atoms with Crippen molar-refractivity contribution in [2.24, 2.45) is 0 Å². The van der Waals surface area contributed by atoms with Gasteiger partial charge in [-0.05, 0) is 30.2 Å². The van der Waals surface area contributed by atoms with Crippen molar-refractivity contribution in [3.8, 4) is 6.07 Å². The maximum absolute atomic E-state index is 13.8. The van der Waals surface area contributed by atoms with E-state index in [0.29, 0.717) is 11.3 Å². The number of hydrogen-bond donors (Lipinski definition) is 0. The lowest BCUT2D eigenvalue weighted by molar-refractivity contribution is 0.621. The Hall–Kier alpha value is -2.34. The smallest absolute Gasteiger partial charge is 0.147 e. The summed E-state index contributed by atoms with van der Waals surface area (Å²) in [5, 5.41) is 8.71. The van der Waals surface area contributed by atoms with Crippen LogP contribution in [0.3, 0.4) is 0 Å². The van der Waals surface area contributed by atoms with Crippen LogP contribution in [0.25, 0.3) is 0 Å². The number of nitriles is 1. The van der Waals surface area contributed by atoms with Crippen molar-refractivity contribution in [2.75, 3.05) is 18.5 Å². The highest BCUT2D eigenvalue weighted by Crippen LogP contribution is 2.19. The third-order valence-electron chi connectivity index (χ3n) is 3.07. The fraction of sp³-hybridized carbons (Fsp3) is 0.188. The summed E-state index contributed by atoms with van der Waals surface area (Å²) in [6, 6.07) is 16.6. The van der Waals surface area contributed by atoms with Gasteiger partial charge >= 0.3 is 0 Å². The van der Waals surface area contributed by atoms with Crippen molar-refractivity contribution in [2.45, 2.75) is 6.42 Å². The normalized spacial score (nSPS) is 9.95. The number of nitrogens with zero attached hydrogens (tertiary/aromatic N) is 2. The van der Waals surface area contributed by atoms with Crippen molar-refractivity contribution in [1.29, 1.82) is 5.26 Å². The van der Waals surface area contributed by atoms with Gasteiger partial charge in [-0.25, -0.2) is 4.39 Å². The van der Waals surface area contributed by atoms with Crippen molar-refractivity contribution in [3.63, 3.8) is 0 Å². The van der Waals surface area contributed by atoms with E-state index in [1.807, 2.05) is 36.2 Å². The molecule has 0 spiro atoms. The summed E-state index contributed by atoms with van der Waals surface area (Å²) in [7, 11) is 1.85. The second-order valence-corrected chi connectivity index (χ2v) is 4.44. The van der Waals surface area contributed by atoms with E-state index >= 15 is 0 Å². The molecular formula is C16H15FN2. The van der Waals surface area contributed by atoms with Gasteiger partial charge in [-0.15, -0.1) is 0 Å². The van der Waals surface area contributed by atoms with E-state index in [4.69, 9.17) is 5.26 Å². The molecule has 0 aliphatic rings. The van der Waals surface area contributed by atoms with Gasteiger partial charge in [-0.1, -0.05) is 30.3 Å². The highest BCUT2D eigenvalue weighted by Gasteiger charge is 2.08. The molecule has 0 radical (unpaired) electrons. The van der Waals surface area contributed by atoms with Crippen LogP contribution in [0, 0.1) is 17.1 Å². The van der Waals surface area contributed by atoms with Crippen molar-refractivity contribution >= 4 is 5.69 Å². The molecule has 0 aliphatic heterocycles. The number of hydrogen-bond acceptors (Lipinski definition) is 2. The van der Waals surface area contributed by atoms with Crippen molar-refractivity contribution in [1.82, 2.24) is 0 Å². The molecule has 2 aromatic rings. The number of rotatable bonds is 4. The van der Waals surface area contributed by atoms with Crippen LogP contribution < -0.4 is 4.90 Å². The zero-order valence-corrected chi connectivity index (χ0v) is 10.8. The Kier molecular flexibility index (Phi) is 4.15. The van der Waals surface area contributed by atoms with Gasteiger partial charge in [0.1, 0.15) is 5.82 Å². The van der Waals surface area contributed by atoms with Gasteiger partial charge in [-0.2, -0.15) is 5.26 Å². The minimum Gasteiger partial charge on any atom is -0.372 e. The average molecular weight is 254 g/mol. The van der Waals surface area contributed by atoms with Crippen LogP contribution in [-0.2, 0) is 6.42 Å². The Labute approximate surface area is 112 Å². The van der Waals surface area contributed by atoms with Crippen LogP contribution in [0.2, 0.25) is 0 Å². The SMILES string of the molecule is CN(CCc1ccccc1)c1ccc(C#N)cc1F. The largest absolute Gasteiger partial charge is 0.372 e. The van der Waals surface area contributed by atoms with E-state index in [9.17, 15) is 4.39 Å². The molecule has 0 fully saturated rings. The summed E-state index contributed by atoms with van der Waals surface area (Å²) < 4.78 is 13.8. The second-order valence-electron chi connectivity index (χ2n) is 4.44. The lowest BCUT2D eigenvalue weighted by Crippen LogP contribution is -2.21. The van der Waals surface area contributed by atoms with Gasteiger partial charge in [-0.3, -0.25) is 0 Å². The first-order chi connectivity index (χ1) is 9.20. The lowest BCUT2D eigenvalue weighted by Gasteiger charge is -2.20. The minimum absolute atomic E-state index is 0.345. The predicted molar refractivity (Wildman–Crippen MR) is 74.5 cm³/mol. The third-order valence-corrected chi connectivity index (χ3v) is 3.07. The topological polar surface area (TPSA) is 27.0 Å². The number of likely N-dealkylation sites (N-methyl/N-ethyl adjacent to an activating group) is 1. The summed E-state index contributed by atoms with van der Waals surface area (Å²) in [4.78, 5) is 1.86. The summed E-state index contributed by atoms with van der Waals surface area (Å²) in [6.45, 7) is 0.729. The molecule has 2 nitrogen and oxygen atoms in total. The molecule has 0 heterocycles. The lowest BCUT2D eigenvalue weighted by atomic mass is 10.1. The summed E-state index contributed by atoms with van der Waals surface area (Å²) in [5.74, 6) is -0.352. The van der Waals surface area contributed by atoms with E-state index in [1.165, 1.54) is 11.6 Å². The summed E-state index contributed by atoms with van der Waals surface area (Å²) >= 11 is 0. The molecule has 0 amide bonds. The second kappa shape index (κ2) is 6.01. The Morgan fingerprint density at radius 3 is 2.53 bits per heavy atom. The fourth-order valence-electron chi connectivity index (χ4n) is 1.95. The van der Waals surface area contributed by atoms with Gasteiger partial charge in [0.2, 0.25) is 0 Å². The molecule has 96 valence electrons. The fourth-order valence-corrected chi connectivity index (χ4v) is 1.95. The molecule has 0 atom stereocenters. The van der Waals surface area contributed by atoms with Crippen molar-refractivity contribution in [3.05, 3.63) is 65.5 Å². The Bertz CT molecular complexity index is 587. The first-order valence-corrected chi connectivity index (χ1v) is 6.15. The molecule has 0 N–H and O–H groups in total. The number of halogens is 1. The Balaban J connectivity index is 2.04.